The van der Waals surface area contributed by atoms with Gasteiger partial charge in [0, 0.05) is 25.2 Å². The Hall–Kier alpha value is -3.42. The first-order valence-corrected chi connectivity index (χ1v) is 12.1. The number of halogens is 1. The van der Waals surface area contributed by atoms with Crippen molar-refractivity contribution >= 4 is 27.7 Å². The molecule has 2 aliphatic rings. The van der Waals surface area contributed by atoms with E-state index in [9.17, 15) is 4.79 Å². The highest BCUT2D eigenvalue weighted by Crippen LogP contribution is 2.45. The van der Waals surface area contributed by atoms with Crippen molar-refractivity contribution in [1.82, 2.24) is 14.9 Å². The Balaban J connectivity index is 1.21. The van der Waals surface area contributed by atoms with Crippen LogP contribution in [0.25, 0.3) is 20.9 Å². The number of likely N-dealkylation sites (tertiary alicyclic amines) is 1. The van der Waals surface area contributed by atoms with Crippen LogP contribution >= 0.6 is 11.3 Å². The van der Waals surface area contributed by atoms with E-state index < -0.39 is 5.97 Å². The van der Waals surface area contributed by atoms with Gasteiger partial charge in [0.2, 0.25) is 0 Å². The van der Waals surface area contributed by atoms with E-state index in [2.05, 4.69) is 34.2 Å². The Morgan fingerprint density at radius 3 is 2.59 bits per heavy atom. The summed E-state index contributed by atoms with van der Waals surface area (Å²) in [5, 5.41) is 9.50. The Bertz CT molecular complexity index is 1420. The molecule has 34 heavy (non-hydrogen) atoms. The number of aromatic nitrogens is 2. The molecule has 0 saturated carbocycles. The topological polar surface area (TPSA) is 66.3 Å². The van der Waals surface area contributed by atoms with Crippen LogP contribution in [0.1, 0.15) is 23.2 Å². The Morgan fingerprint density at radius 2 is 1.88 bits per heavy atom. The zero-order valence-electron chi connectivity index (χ0n) is 18.3. The van der Waals surface area contributed by atoms with Crippen molar-refractivity contribution in [3.8, 4) is 10.6 Å². The third-order valence-corrected chi connectivity index (χ3v) is 7.60. The van der Waals surface area contributed by atoms with Crippen LogP contribution in [0, 0.1) is 11.7 Å². The van der Waals surface area contributed by atoms with Gasteiger partial charge in [-0.1, -0.05) is 59.9 Å². The number of carboxylic acids is 1. The number of allylic oxidation sites excluding steroid dienone is 2. The molecule has 0 spiro atoms. The van der Waals surface area contributed by atoms with Crippen LogP contribution in [0.5, 0.6) is 0 Å². The molecule has 2 aromatic heterocycles. The largest absolute Gasteiger partial charge is 0.481 e. The fourth-order valence-electron chi connectivity index (χ4n) is 4.74. The van der Waals surface area contributed by atoms with Crippen molar-refractivity contribution < 1.29 is 14.3 Å². The van der Waals surface area contributed by atoms with E-state index in [-0.39, 0.29) is 23.6 Å². The van der Waals surface area contributed by atoms with Crippen LogP contribution in [0.3, 0.4) is 0 Å². The van der Waals surface area contributed by atoms with E-state index in [1.54, 1.807) is 12.1 Å². The SMILES string of the molecule is O=C(O)CC1CN(Cc2ccc(-c3nc4ccc(C5(c6ccccc6)C=C5)nc4s3)c(F)c2)C1. The van der Waals surface area contributed by atoms with E-state index in [0.29, 0.717) is 17.1 Å². The molecule has 4 aromatic rings. The van der Waals surface area contributed by atoms with Crippen molar-refractivity contribution in [2.45, 2.75) is 18.4 Å². The lowest BCUT2D eigenvalue weighted by Gasteiger charge is -2.38. The number of rotatable bonds is 7. The molecule has 0 unspecified atom stereocenters. The predicted molar refractivity (Wildman–Crippen MR) is 130 cm³/mol. The van der Waals surface area contributed by atoms with E-state index in [1.807, 2.05) is 36.4 Å². The molecule has 6 rings (SSSR count). The molecule has 0 bridgehead atoms. The van der Waals surface area contributed by atoms with Crippen molar-refractivity contribution in [2.75, 3.05) is 13.1 Å². The number of aliphatic carboxylic acids is 1. The molecule has 1 aliphatic carbocycles. The molecule has 170 valence electrons. The summed E-state index contributed by atoms with van der Waals surface area (Å²) in [4.78, 5) is 23.3. The van der Waals surface area contributed by atoms with Crippen molar-refractivity contribution in [3.63, 3.8) is 0 Å². The van der Waals surface area contributed by atoms with Gasteiger partial charge in [0.1, 0.15) is 21.2 Å². The normalized spacial score (nSPS) is 17.1. The van der Waals surface area contributed by atoms with Crippen LogP contribution in [-0.4, -0.2) is 39.0 Å². The highest BCUT2D eigenvalue weighted by Gasteiger charge is 2.39. The van der Waals surface area contributed by atoms with Gasteiger partial charge in [-0.25, -0.2) is 14.4 Å². The van der Waals surface area contributed by atoms with Gasteiger partial charge >= 0.3 is 5.97 Å². The number of benzene rings is 2. The molecular formula is C27H22FN3O2S. The van der Waals surface area contributed by atoms with Gasteiger partial charge in [0.05, 0.1) is 17.5 Å². The summed E-state index contributed by atoms with van der Waals surface area (Å²) in [6, 6.07) is 19.5. The molecule has 7 heteroatoms. The number of hydrogen-bond donors (Lipinski definition) is 1. The molecular weight excluding hydrogens is 449 g/mol. The van der Waals surface area contributed by atoms with Gasteiger partial charge in [0.15, 0.2) is 0 Å². The fraction of sp³-hybridized carbons (Fsp3) is 0.222. The lowest BCUT2D eigenvalue weighted by Crippen LogP contribution is -2.46. The summed E-state index contributed by atoms with van der Waals surface area (Å²) in [5.41, 5.74) is 4.00. The minimum absolute atomic E-state index is 0.189. The van der Waals surface area contributed by atoms with Gasteiger partial charge in [0.25, 0.3) is 0 Å². The van der Waals surface area contributed by atoms with Gasteiger partial charge in [-0.05, 0) is 41.3 Å². The lowest BCUT2D eigenvalue weighted by atomic mass is 9.89. The number of pyridine rings is 1. The number of carbonyl (C=O) groups is 1. The van der Waals surface area contributed by atoms with Crippen LogP contribution < -0.4 is 0 Å². The zero-order chi connectivity index (χ0) is 23.3. The number of carboxylic acid groups (broad SMARTS) is 1. The van der Waals surface area contributed by atoms with Crippen molar-refractivity contribution in [2.24, 2.45) is 5.92 Å². The average molecular weight is 472 g/mol. The lowest BCUT2D eigenvalue weighted by molar-refractivity contribution is -0.139. The maximum Gasteiger partial charge on any atom is 0.303 e. The van der Waals surface area contributed by atoms with Gasteiger partial charge in [-0.2, -0.15) is 0 Å². The first-order valence-electron chi connectivity index (χ1n) is 11.3. The Labute approximate surface area is 200 Å². The summed E-state index contributed by atoms with van der Waals surface area (Å²) in [6.45, 7) is 2.09. The molecule has 0 atom stereocenters. The minimum atomic E-state index is -0.763. The van der Waals surface area contributed by atoms with Crippen LogP contribution in [-0.2, 0) is 16.8 Å². The standard InChI is InChI=1S/C27H22FN3O2S/c28-21-12-17(14-31-15-18(16-31)13-24(32)33)6-7-20(21)25-29-22-8-9-23(30-26(22)34-25)27(10-11-27)19-4-2-1-3-5-19/h1-12,18H,13-16H2,(H,32,33). The molecule has 0 radical (unpaired) electrons. The minimum Gasteiger partial charge on any atom is -0.481 e. The van der Waals surface area contributed by atoms with Gasteiger partial charge in [-0.15, -0.1) is 0 Å². The first kappa shape index (κ1) is 21.1. The number of nitrogens with zero attached hydrogens (tertiary/aromatic N) is 3. The van der Waals surface area contributed by atoms with E-state index in [4.69, 9.17) is 10.1 Å². The maximum absolute atomic E-state index is 15.0. The smallest absolute Gasteiger partial charge is 0.303 e. The highest BCUT2D eigenvalue weighted by molar-refractivity contribution is 7.21. The van der Waals surface area contributed by atoms with Crippen LogP contribution in [0.2, 0.25) is 0 Å². The molecule has 1 saturated heterocycles. The van der Waals surface area contributed by atoms with E-state index in [1.165, 1.54) is 16.9 Å². The highest BCUT2D eigenvalue weighted by atomic mass is 32.1. The third kappa shape index (κ3) is 3.81. The zero-order valence-corrected chi connectivity index (χ0v) is 19.1. The number of hydrogen-bond acceptors (Lipinski definition) is 5. The first-order chi connectivity index (χ1) is 16.5. The van der Waals surface area contributed by atoms with E-state index >= 15 is 4.39 Å². The third-order valence-electron chi connectivity index (χ3n) is 6.60. The molecule has 1 fully saturated rings. The monoisotopic (exact) mass is 471 g/mol. The summed E-state index contributed by atoms with van der Waals surface area (Å²) >= 11 is 1.40. The second-order valence-electron chi connectivity index (χ2n) is 9.08. The second-order valence-corrected chi connectivity index (χ2v) is 10.1. The summed E-state index contributed by atoms with van der Waals surface area (Å²) in [7, 11) is 0. The van der Waals surface area contributed by atoms with E-state index in [0.717, 1.165) is 34.7 Å². The van der Waals surface area contributed by atoms with Crippen molar-refractivity contribution in [1.29, 1.82) is 0 Å². The fourth-order valence-corrected chi connectivity index (χ4v) is 5.71. The Morgan fingerprint density at radius 1 is 1.09 bits per heavy atom. The van der Waals surface area contributed by atoms with Crippen LogP contribution in [0.15, 0.2) is 72.8 Å². The summed E-state index contributed by atoms with van der Waals surface area (Å²) in [5.74, 6) is -0.876. The van der Waals surface area contributed by atoms with Gasteiger partial charge in [-0.3, -0.25) is 9.69 Å². The Kier molecular flexibility index (Phi) is 5.04. The predicted octanol–water partition coefficient (Wildman–Crippen LogP) is 5.26. The molecule has 3 heterocycles. The van der Waals surface area contributed by atoms with Crippen molar-refractivity contribution in [3.05, 3.63) is 95.5 Å². The molecule has 5 nitrogen and oxygen atoms in total. The molecule has 0 amide bonds. The molecule has 2 aromatic carbocycles. The number of fused-ring (bicyclic) bond motifs is 1. The van der Waals surface area contributed by atoms with Gasteiger partial charge < -0.3 is 5.11 Å². The molecule has 1 aliphatic heterocycles. The molecule has 1 N–H and O–H groups in total. The quantitative estimate of drug-likeness (QED) is 0.373. The second kappa shape index (κ2) is 8.11. The summed E-state index contributed by atoms with van der Waals surface area (Å²) in [6.07, 6.45) is 4.50. The van der Waals surface area contributed by atoms with Crippen LogP contribution in [0.4, 0.5) is 4.39 Å². The average Bonchev–Trinajstić information content (AvgIpc) is 3.51. The maximum atomic E-state index is 15.0. The summed E-state index contributed by atoms with van der Waals surface area (Å²) < 4.78 is 15.0. The number of thiazole rings is 1.